The number of rotatable bonds is 3. The monoisotopic (exact) mass is 275 g/mol. The summed E-state index contributed by atoms with van der Waals surface area (Å²) in [7, 11) is 0. The fraction of sp³-hybridized carbons (Fsp3) is 0.647. The van der Waals surface area contributed by atoms with E-state index in [9.17, 15) is 0 Å². The van der Waals surface area contributed by atoms with Gasteiger partial charge in [-0.15, -0.1) is 0 Å². The minimum absolute atomic E-state index is 0.0648. The Morgan fingerprint density at radius 3 is 2.80 bits per heavy atom. The molecule has 2 aliphatic rings. The summed E-state index contributed by atoms with van der Waals surface area (Å²) in [5.74, 6) is 0. The molecule has 0 aliphatic carbocycles. The van der Waals surface area contributed by atoms with E-state index in [1.165, 1.54) is 11.3 Å². The van der Waals surface area contributed by atoms with E-state index >= 15 is 0 Å². The van der Waals surface area contributed by atoms with E-state index in [0.29, 0.717) is 6.04 Å². The molecular formula is C17H25NO2. The Morgan fingerprint density at radius 2 is 2.00 bits per heavy atom. The molecule has 3 heteroatoms. The maximum Gasteiger partial charge on any atom is 0.0745 e. The molecule has 2 fully saturated rings. The van der Waals surface area contributed by atoms with Crippen molar-refractivity contribution in [2.45, 2.75) is 50.7 Å². The summed E-state index contributed by atoms with van der Waals surface area (Å²) < 4.78 is 11.6. The highest BCUT2D eigenvalue weighted by molar-refractivity contribution is 5.51. The van der Waals surface area contributed by atoms with E-state index in [1.807, 2.05) is 0 Å². The number of nitrogens with one attached hydrogen (secondary N) is 1. The topological polar surface area (TPSA) is 30.5 Å². The Morgan fingerprint density at radius 1 is 1.20 bits per heavy atom. The van der Waals surface area contributed by atoms with E-state index in [1.54, 1.807) is 0 Å². The van der Waals surface area contributed by atoms with Crippen molar-refractivity contribution in [3.63, 3.8) is 0 Å². The van der Waals surface area contributed by atoms with Crippen molar-refractivity contribution in [1.82, 2.24) is 0 Å². The third kappa shape index (κ3) is 2.99. The zero-order valence-corrected chi connectivity index (χ0v) is 12.4. The molecule has 2 aliphatic heterocycles. The Hall–Kier alpha value is -1.06. The lowest BCUT2D eigenvalue weighted by molar-refractivity contribution is -0.135. The van der Waals surface area contributed by atoms with Gasteiger partial charge in [0.1, 0.15) is 0 Å². The predicted molar refractivity (Wildman–Crippen MR) is 81.2 cm³/mol. The van der Waals surface area contributed by atoms with Crippen molar-refractivity contribution in [1.29, 1.82) is 0 Å². The largest absolute Gasteiger partial charge is 0.382 e. The third-order valence-electron chi connectivity index (χ3n) is 4.65. The molecule has 1 aromatic carbocycles. The van der Waals surface area contributed by atoms with Crippen LogP contribution in [0, 0.1) is 0 Å². The normalized spacial score (nSPS) is 25.6. The average Bonchev–Trinajstić information content (AvgIpc) is 2.49. The molecule has 1 spiro atoms. The van der Waals surface area contributed by atoms with Gasteiger partial charge < -0.3 is 14.8 Å². The number of ether oxygens (including phenoxy) is 2. The zero-order chi connectivity index (χ0) is 13.8. The molecule has 0 amide bonds. The van der Waals surface area contributed by atoms with Gasteiger partial charge in [-0.1, -0.05) is 25.1 Å². The van der Waals surface area contributed by atoms with Gasteiger partial charge in [-0.25, -0.2) is 0 Å². The summed E-state index contributed by atoms with van der Waals surface area (Å²) in [5.41, 5.74) is 2.76. The lowest BCUT2D eigenvalue weighted by Gasteiger charge is -2.43. The number of anilines is 1. The number of aryl methyl sites for hydroxylation is 1. The van der Waals surface area contributed by atoms with Crippen LogP contribution in [-0.2, 0) is 15.9 Å². The molecule has 3 nitrogen and oxygen atoms in total. The van der Waals surface area contributed by atoms with Gasteiger partial charge in [0.15, 0.2) is 0 Å². The first-order valence-electron chi connectivity index (χ1n) is 7.87. The van der Waals surface area contributed by atoms with E-state index < -0.39 is 0 Å². The van der Waals surface area contributed by atoms with Crippen LogP contribution < -0.4 is 5.32 Å². The molecule has 1 atom stereocenters. The quantitative estimate of drug-likeness (QED) is 0.917. The molecule has 3 rings (SSSR count). The number of benzene rings is 1. The fourth-order valence-corrected chi connectivity index (χ4v) is 3.43. The average molecular weight is 275 g/mol. The lowest BCUT2D eigenvalue weighted by Crippen LogP contribution is -2.47. The second-order valence-electron chi connectivity index (χ2n) is 5.99. The molecule has 0 radical (unpaired) electrons. The van der Waals surface area contributed by atoms with Crippen LogP contribution in [0.4, 0.5) is 5.69 Å². The van der Waals surface area contributed by atoms with Crippen molar-refractivity contribution in [2.75, 3.05) is 25.1 Å². The SMILES string of the molecule is CCc1ccccc1NC1CCOC2(CCOCC2)C1. The Balaban J connectivity index is 1.68. The van der Waals surface area contributed by atoms with Gasteiger partial charge >= 0.3 is 0 Å². The second-order valence-corrected chi connectivity index (χ2v) is 5.99. The summed E-state index contributed by atoms with van der Waals surface area (Å²) in [4.78, 5) is 0. The smallest absolute Gasteiger partial charge is 0.0745 e. The standard InChI is InChI=1S/C17H25NO2/c1-2-14-5-3-4-6-16(14)18-15-7-10-20-17(13-15)8-11-19-12-9-17/h3-6,15,18H,2,7-13H2,1H3. The van der Waals surface area contributed by atoms with Crippen LogP contribution in [0.2, 0.25) is 0 Å². The van der Waals surface area contributed by atoms with Gasteiger partial charge in [0, 0.05) is 31.5 Å². The molecule has 2 saturated heterocycles. The Kier molecular flexibility index (Phi) is 4.27. The van der Waals surface area contributed by atoms with Gasteiger partial charge in [-0.05, 0) is 43.7 Å². The molecule has 20 heavy (non-hydrogen) atoms. The molecule has 0 saturated carbocycles. The molecule has 0 aromatic heterocycles. The van der Waals surface area contributed by atoms with Crippen molar-refractivity contribution >= 4 is 5.69 Å². The predicted octanol–water partition coefficient (Wildman–Crippen LogP) is 3.39. The summed E-state index contributed by atoms with van der Waals surface area (Å²) in [6, 6.07) is 9.17. The van der Waals surface area contributed by atoms with E-state index in [0.717, 1.165) is 51.9 Å². The number of para-hydroxylation sites is 1. The maximum atomic E-state index is 6.11. The molecule has 1 unspecified atom stereocenters. The first kappa shape index (κ1) is 13.9. The van der Waals surface area contributed by atoms with Crippen LogP contribution >= 0.6 is 0 Å². The first-order chi connectivity index (χ1) is 9.81. The van der Waals surface area contributed by atoms with Crippen molar-refractivity contribution in [3.05, 3.63) is 29.8 Å². The van der Waals surface area contributed by atoms with Gasteiger partial charge in [0.25, 0.3) is 0 Å². The second kappa shape index (κ2) is 6.15. The highest BCUT2D eigenvalue weighted by atomic mass is 16.5. The molecule has 1 aromatic rings. The first-order valence-corrected chi connectivity index (χ1v) is 7.87. The van der Waals surface area contributed by atoms with Gasteiger partial charge in [-0.3, -0.25) is 0 Å². The van der Waals surface area contributed by atoms with Crippen molar-refractivity contribution in [2.24, 2.45) is 0 Å². The highest BCUT2D eigenvalue weighted by Gasteiger charge is 2.39. The maximum absolute atomic E-state index is 6.11. The van der Waals surface area contributed by atoms with E-state index in [2.05, 4.69) is 36.5 Å². The fourth-order valence-electron chi connectivity index (χ4n) is 3.43. The van der Waals surface area contributed by atoms with Crippen molar-refractivity contribution in [3.8, 4) is 0 Å². The van der Waals surface area contributed by atoms with Crippen LogP contribution in [-0.4, -0.2) is 31.5 Å². The molecule has 110 valence electrons. The van der Waals surface area contributed by atoms with Gasteiger partial charge in [0.2, 0.25) is 0 Å². The summed E-state index contributed by atoms with van der Waals surface area (Å²) in [6.07, 6.45) is 5.36. The lowest BCUT2D eigenvalue weighted by atomic mass is 9.84. The molecule has 2 heterocycles. The van der Waals surface area contributed by atoms with E-state index in [4.69, 9.17) is 9.47 Å². The summed E-state index contributed by atoms with van der Waals surface area (Å²) in [6.45, 7) is 4.77. The minimum atomic E-state index is 0.0648. The minimum Gasteiger partial charge on any atom is -0.382 e. The summed E-state index contributed by atoms with van der Waals surface area (Å²) in [5, 5.41) is 3.75. The van der Waals surface area contributed by atoms with Crippen LogP contribution in [0.3, 0.4) is 0 Å². The van der Waals surface area contributed by atoms with Crippen molar-refractivity contribution < 1.29 is 9.47 Å². The van der Waals surface area contributed by atoms with Crippen LogP contribution in [0.1, 0.15) is 38.2 Å². The van der Waals surface area contributed by atoms with Gasteiger partial charge in [-0.2, -0.15) is 0 Å². The zero-order valence-electron chi connectivity index (χ0n) is 12.4. The molecule has 0 bridgehead atoms. The number of hydrogen-bond acceptors (Lipinski definition) is 3. The highest BCUT2D eigenvalue weighted by Crippen LogP contribution is 2.35. The Labute approximate surface area is 121 Å². The Bertz CT molecular complexity index is 435. The summed E-state index contributed by atoms with van der Waals surface area (Å²) >= 11 is 0. The number of hydrogen-bond donors (Lipinski definition) is 1. The van der Waals surface area contributed by atoms with E-state index in [-0.39, 0.29) is 5.60 Å². The van der Waals surface area contributed by atoms with Crippen LogP contribution in [0.5, 0.6) is 0 Å². The van der Waals surface area contributed by atoms with Gasteiger partial charge in [0.05, 0.1) is 5.60 Å². The molecular weight excluding hydrogens is 250 g/mol. The van der Waals surface area contributed by atoms with Crippen LogP contribution in [0.15, 0.2) is 24.3 Å². The van der Waals surface area contributed by atoms with Crippen LogP contribution in [0.25, 0.3) is 0 Å². The third-order valence-corrected chi connectivity index (χ3v) is 4.65. The molecule has 1 N–H and O–H groups in total.